The number of nitrogens with zero attached hydrogens (tertiary/aromatic N) is 1. The van der Waals surface area contributed by atoms with E-state index in [0.29, 0.717) is 5.69 Å². The minimum absolute atomic E-state index is 0.128. The third kappa shape index (κ3) is 5.26. The second-order valence-corrected chi connectivity index (χ2v) is 5.63. The van der Waals surface area contributed by atoms with Gasteiger partial charge in [-0.25, -0.2) is 4.79 Å². The molecule has 0 aliphatic heterocycles. The van der Waals surface area contributed by atoms with E-state index in [1.807, 2.05) is 0 Å². The molecule has 5 nitrogen and oxygen atoms in total. The van der Waals surface area contributed by atoms with Gasteiger partial charge in [0.1, 0.15) is 6.10 Å². The van der Waals surface area contributed by atoms with Crippen molar-refractivity contribution in [2.75, 3.05) is 5.32 Å². The van der Waals surface area contributed by atoms with Crippen molar-refractivity contribution in [3.05, 3.63) is 35.9 Å². The summed E-state index contributed by atoms with van der Waals surface area (Å²) < 4.78 is 5.39. The zero-order valence-corrected chi connectivity index (χ0v) is 13.1. The molecule has 1 amide bonds. The van der Waals surface area contributed by atoms with Crippen molar-refractivity contribution in [3.63, 3.8) is 0 Å². The van der Waals surface area contributed by atoms with Gasteiger partial charge in [0.15, 0.2) is 0 Å². The topological polar surface area (TPSA) is 79.2 Å². The normalized spacial score (nSPS) is 20.7. The summed E-state index contributed by atoms with van der Waals surface area (Å²) in [6, 6.07) is 9.34. The molecule has 1 fully saturated rings. The maximum atomic E-state index is 11.9. The summed E-state index contributed by atoms with van der Waals surface area (Å²) in [6.45, 7) is 1.45. The molecular formula is C18H20N2O3. The standard InChI is InChI=1S/C18H20N2O3/c1-13(21)20-16-9-6-14(7-10-16)8-11-18(22)23-17-5-3-2-4-15(17)12-19/h6-11,15,17H,2-5H2,1H3,(H,20,21)/b11-8+/t15-,17-/m1/s1. The average molecular weight is 312 g/mol. The molecule has 0 aromatic heterocycles. The fraction of sp³-hybridized carbons (Fsp3) is 0.389. The molecule has 0 radical (unpaired) electrons. The fourth-order valence-corrected chi connectivity index (χ4v) is 2.62. The van der Waals surface area contributed by atoms with Crippen molar-refractivity contribution >= 4 is 23.6 Å². The molecule has 0 heterocycles. The number of anilines is 1. The van der Waals surface area contributed by atoms with E-state index in [1.54, 1.807) is 30.3 Å². The van der Waals surface area contributed by atoms with Crippen LogP contribution >= 0.6 is 0 Å². The SMILES string of the molecule is CC(=O)Nc1ccc(/C=C/C(=O)O[C@@H]2CCCC[C@@H]2C#N)cc1. The molecule has 1 aliphatic rings. The van der Waals surface area contributed by atoms with Gasteiger partial charge in [0.05, 0.1) is 12.0 Å². The summed E-state index contributed by atoms with van der Waals surface area (Å²) in [7, 11) is 0. The lowest BCUT2D eigenvalue weighted by Crippen LogP contribution is -2.28. The molecule has 1 N–H and O–H groups in total. The Morgan fingerprint density at radius 2 is 1.96 bits per heavy atom. The monoisotopic (exact) mass is 312 g/mol. The zero-order chi connectivity index (χ0) is 16.7. The van der Waals surface area contributed by atoms with E-state index >= 15 is 0 Å². The first kappa shape index (κ1) is 16.8. The molecule has 120 valence electrons. The molecule has 0 saturated heterocycles. The van der Waals surface area contributed by atoms with E-state index in [2.05, 4.69) is 11.4 Å². The Hall–Kier alpha value is -2.61. The molecule has 1 aliphatic carbocycles. The van der Waals surface area contributed by atoms with Crippen molar-refractivity contribution in [2.45, 2.75) is 38.7 Å². The van der Waals surface area contributed by atoms with Crippen molar-refractivity contribution in [2.24, 2.45) is 5.92 Å². The van der Waals surface area contributed by atoms with Crippen LogP contribution < -0.4 is 5.32 Å². The van der Waals surface area contributed by atoms with Gasteiger partial charge < -0.3 is 10.1 Å². The summed E-state index contributed by atoms with van der Waals surface area (Å²) in [5.74, 6) is -0.752. The van der Waals surface area contributed by atoms with E-state index in [4.69, 9.17) is 10.00 Å². The van der Waals surface area contributed by atoms with Crippen molar-refractivity contribution in [1.29, 1.82) is 5.26 Å². The number of carbonyl (C=O) groups is 2. The lowest BCUT2D eigenvalue weighted by atomic mass is 9.87. The lowest BCUT2D eigenvalue weighted by Gasteiger charge is -2.25. The second kappa shape index (κ2) is 8.14. The molecule has 0 spiro atoms. The molecule has 1 saturated carbocycles. The maximum absolute atomic E-state index is 11.9. The Morgan fingerprint density at radius 1 is 1.26 bits per heavy atom. The number of benzene rings is 1. The zero-order valence-electron chi connectivity index (χ0n) is 13.1. The van der Waals surface area contributed by atoms with Crippen molar-refractivity contribution < 1.29 is 14.3 Å². The van der Waals surface area contributed by atoms with Crippen molar-refractivity contribution in [3.8, 4) is 6.07 Å². The van der Waals surface area contributed by atoms with Crippen LogP contribution in [0.25, 0.3) is 6.08 Å². The largest absolute Gasteiger partial charge is 0.458 e. The Morgan fingerprint density at radius 3 is 2.61 bits per heavy atom. The Kier molecular flexibility index (Phi) is 5.93. The van der Waals surface area contributed by atoms with Crippen LogP contribution in [0.5, 0.6) is 0 Å². The first-order valence-electron chi connectivity index (χ1n) is 7.74. The Bertz CT molecular complexity index is 629. The van der Waals surface area contributed by atoms with Gasteiger partial charge >= 0.3 is 5.97 Å². The fourth-order valence-electron chi connectivity index (χ4n) is 2.62. The summed E-state index contributed by atoms with van der Waals surface area (Å²) in [5.41, 5.74) is 1.54. The van der Waals surface area contributed by atoms with Gasteiger partial charge in [0.2, 0.25) is 5.91 Å². The quantitative estimate of drug-likeness (QED) is 0.683. The van der Waals surface area contributed by atoms with Crippen LogP contribution in [0, 0.1) is 17.2 Å². The molecule has 1 aromatic carbocycles. The lowest BCUT2D eigenvalue weighted by molar-refractivity contribution is -0.146. The summed E-state index contributed by atoms with van der Waals surface area (Å²) in [6.07, 6.45) is 6.28. The van der Waals surface area contributed by atoms with E-state index < -0.39 is 5.97 Å². The number of hydrogen-bond donors (Lipinski definition) is 1. The molecule has 23 heavy (non-hydrogen) atoms. The number of nitriles is 1. The van der Waals surface area contributed by atoms with Gasteiger partial charge in [-0.1, -0.05) is 18.6 Å². The average Bonchev–Trinajstić information content (AvgIpc) is 2.54. The number of rotatable bonds is 4. The van der Waals surface area contributed by atoms with E-state index in [-0.39, 0.29) is 17.9 Å². The Balaban J connectivity index is 1.90. The summed E-state index contributed by atoms with van der Waals surface area (Å²) in [4.78, 5) is 22.8. The van der Waals surface area contributed by atoms with E-state index in [9.17, 15) is 9.59 Å². The van der Waals surface area contributed by atoms with E-state index in [0.717, 1.165) is 31.2 Å². The molecule has 0 bridgehead atoms. The summed E-state index contributed by atoms with van der Waals surface area (Å²) in [5, 5.41) is 11.8. The minimum atomic E-state index is -0.428. The van der Waals surface area contributed by atoms with Crippen LogP contribution in [0.2, 0.25) is 0 Å². The smallest absolute Gasteiger partial charge is 0.331 e. The second-order valence-electron chi connectivity index (χ2n) is 5.63. The van der Waals surface area contributed by atoms with Crippen LogP contribution in [-0.4, -0.2) is 18.0 Å². The van der Waals surface area contributed by atoms with Crippen LogP contribution in [-0.2, 0) is 14.3 Å². The third-order valence-electron chi connectivity index (χ3n) is 3.78. The molecule has 1 aromatic rings. The van der Waals surface area contributed by atoms with Crippen LogP contribution in [0.3, 0.4) is 0 Å². The molecule has 2 rings (SSSR count). The first-order chi connectivity index (χ1) is 11.1. The van der Waals surface area contributed by atoms with Gasteiger partial charge in [-0.3, -0.25) is 4.79 Å². The molecule has 0 unspecified atom stereocenters. The highest BCUT2D eigenvalue weighted by Gasteiger charge is 2.27. The number of esters is 1. The summed E-state index contributed by atoms with van der Waals surface area (Å²) >= 11 is 0. The molecular weight excluding hydrogens is 292 g/mol. The maximum Gasteiger partial charge on any atom is 0.331 e. The highest BCUT2D eigenvalue weighted by Crippen LogP contribution is 2.26. The predicted octanol–water partition coefficient (Wildman–Crippen LogP) is 3.28. The Labute approximate surface area is 135 Å². The number of ether oxygens (including phenoxy) is 1. The number of amides is 1. The number of carbonyl (C=O) groups excluding carboxylic acids is 2. The third-order valence-corrected chi connectivity index (χ3v) is 3.78. The van der Waals surface area contributed by atoms with Gasteiger partial charge in [-0.05, 0) is 43.0 Å². The molecule has 5 heteroatoms. The van der Waals surface area contributed by atoms with Gasteiger partial charge in [0.25, 0.3) is 0 Å². The molecule has 2 atom stereocenters. The van der Waals surface area contributed by atoms with E-state index in [1.165, 1.54) is 13.0 Å². The minimum Gasteiger partial charge on any atom is -0.458 e. The number of nitrogens with one attached hydrogen (secondary N) is 1. The van der Waals surface area contributed by atoms with Crippen LogP contribution in [0.1, 0.15) is 38.2 Å². The highest BCUT2D eigenvalue weighted by molar-refractivity contribution is 5.89. The van der Waals surface area contributed by atoms with Crippen LogP contribution in [0.4, 0.5) is 5.69 Å². The van der Waals surface area contributed by atoms with Gasteiger partial charge in [-0.15, -0.1) is 0 Å². The predicted molar refractivity (Wildman–Crippen MR) is 87.2 cm³/mol. The highest BCUT2D eigenvalue weighted by atomic mass is 16.5. The van der Waals surface area contributed by atoms with Gasteiger partial charge in [-0.2, -0.15) is 5.26 Å². The van der Waals surface area contributed by atoms with Crippen LogP contribution in [0.15, 0.2) is 30.3 Å². The number of hydrogen-bond acceptors (Lipinski definition) is 4. The first-order valence-corrected chi connectivity index (χ1v) is 7.74. The van der Waals surface area contributed by atoms with Crippen molar-refractivity contribution in [1.82, 2.24) is 0 Å². The van der Waals surface area contributed by atoms with Gasteiger partial charge in [0, 0.05) is 18.7 Å².